The highest BCUT2D eigenvalue weighted by molar-refractivity contribution is 6.10. The van der Waals surface area contributed by atoms with Crippen LogP contribution in [0.2, 0.25) is 0 Å². The van der Waals surface area contributed by atoms with Gasteiger partial charge in [0, 0.05) is 55.2 Å². The number of aromatic nitrogens is 5. The van der Waals surface area contributed by atoms with E-state index < -0.39 is 0 Å². The molecule has 8 aromatic carbocycles. The average Bonchev–Trinajstić information content (AvgIpc) is 3.84. The van der Waals surface area contributed by atoms with Crippen molar-refractivity contribution >= 4 is 43.6 Å². The van der Waals surface area contributed by atoms with Crippen LogP contribution in [0.1, 0.15) is 11.1 Å². The van der Waals surface area contributed by atoms with E-state index in [0.29, 0.717) is 34.2 Å². The average molecular weight is 766 g/mol. The molecule has 0 fully saturated rings. The first-order valence-electron chi connectivity index (χ1n) is 19.7. The molecule has 11 aromatic rings. The molecule has 0 spiro atoms. The van der Waals surface area contributed by atoms with Gasteiger partial charge in [-0.1, -0.05) is 121 Å². The van der Waals surface area contributed by atoms with Crippen LogP contribution in [0.3, 0.4) is 0 Å². The molecule has 0 saturated heterocycles. The summed E-state index contributed by atoms with van der Waals surface area (Å²) in [7, 11) is 0. The largest absolute Gasteiger partial charge is 0.309 e. The Kier molecular flexibility index (Phi) is 8.11. The number of nitrogens with zero attached hydrogens (tertiary/aromatic N) is 7. The second kappa shape index (κ2) is 14.1. The van der Waals surface area contributed by atoms with Crippen LogP contribution < -0.4 is 0 Å². The Hall–Kier alpha value is -8.65. The summed E-state index contributed by atoms with van der Waals surface area (Å²) in [6.45, 7) is 0. The zero-order chi connectivity index (χ0) is 40.2. The third-order valence-electron chi connectivity index (χ3n) is 11.3. The van der Waals surface area contributed by atoms with Crippen molar-refractivity contribution in [2.75, 3.05) is 0 Å². The number of benzene rings is 8. The van der Waals surface area contributed by atoms with E-state index in [1.54, 1.807) is 0 Å². The van der Waals surface area contributed by atoms with E-state index in [1.807, 2.05) is 103 Å². The predicted octanol–water partition coefficient (Wildman–Crippen LogP) is 12.5. The standard InChI is InChI=1S/C53H31N7/c54-32-35-16-4-5-17-39(35)46-31-38(60-49-24-12-8-20-43(49)44-21-9-13-25-50(44)60)27-29-45(46)53-57-51(34-14-2-1-3-15-34)56-52(58-53)40-28-26-37(30-36(40)33-55)59-47-22-10-6-18-41(47)42-19-7-11-23-48(42)59/h1-31H. The highest BCUT2D eigenvalue weighted by atomic mass is 15.0. The molecule has 7 heteroatoms. The number of fused-ring (bicyclic) bond motifs is 6. The highest BCUT2D eigenvalue weighted by Crippen LogP contribution is 2.39. The van der Waals surface area contributed by atoms with Crippen molar-refractivity contribution in [3.63, 3.8) is 0 Å². The van der Waals surface area contributed by atoms with E-state index in [9.17, 15) is 10.5 Å². The SMILES string of the molecule is N#Cc1cc(-n2c3ccccc3c3ccccc32)ccc1-c1nc(-c2ccccc2)nc(-c2ccc(-n3c4ccccc4c4ccccc43)cc2-c2ccccc2C#N)n1. The van der Waals surface area contributed by atoms with E-state index in [4.69, 9.17) is 15.0 Å². The summed E-state index contributed by atoms with van der Waals surface area (Å²) in [4.78, 5) is 15.3. The number of nitriles is 2. The molecule has 0 aliphatic carbocycles. The molecule has 0 aliphatic rings. The molecule has 3 heterocycles. The normalized spacial score (nSPS) is 11.3. The van der Waals surface area contributed by atoms with Crippen molar-refractivity contribution in [3.8, 4) is 68.8 Å². The molecule has 7 nitrogen and oxygen atoms in total. The van der Waals surface area contributed by atoms with Gasteiger partial charge < -0.3 is 9.13 Å². The van der Waals surface area contributed by atoms with Crippen LogP contribution in [0, 0.1) is 22.7 Å². The molecule has 278 valence electrons. The van der Waals surface area contributed by atoms with E-state index in [0.717, 1.165) is 77.2 Å². The van der Waals surface area contributed by atoms with Crippen molar-refractivity contribution in [1.82, 2.24) is 24.1 Å². The van der Waals surface area contributed by atoms with Gasteiger partial charge in [0.2, 0.25) is 0 Å². The van der Waals surface area contributed by atoms with Crippen LogP contribution in [0.5, 0.6) is 0 Å². The van der Waals surface area contributed by atoms with Crippen LogP contribution in [0.25, 0.3) is 100 Å². The van der Waals surface area contributed by atoms with Crippen molar-refractivity contribution < 1.29 is 0 Å². The molecule has 11 rings (SSSR count). The molecule has 0 radical (unpaired) electrons. The summed E-state index contributed by atoms with van der Waals surface area (Å²) in [5.41, 5.74) is 10.7. The topological polar surface area (TPSA) is 96.1 Å². The van der Waals surface area contributed by atoms with E-state index in [1.165, 1.54) is 0 Å². The van der Waals surface area contributed by atoms with Gasteiger partial charge in [-0.15, -0.1) is 0 Å². The maximum Gasteiger partial charge on any atom is 0.165 e. The zero-order valence-corrected chi connectivity index (χ0v) is 32.0. The van der Waals surface area contributed by atoms with E-state index in [2.05, 4.69) is 106 Å². The highest BCUT2D eigenvalue weighted by Gasteiger charge is 2.22. The lowest BCUT2D eigenvalue weighted by Gasteiger charge is -2.16. The molecule has 0 aliphatic heterocycles. The van der Waals surface area contributed by atoms with Crippen LogP contribution in [-0.4, -0.2) is 24.1 Å². The fraction of sp³-hybridized carbons (Fsp3) is 0. The minimum atomic E-state index is 0.371. The van der Waals surface area contributed by atoms with Crippen LogP contribution in [-0.2, 0) is 0 Å². The molecule has 0 N–H and O–H groups in total. The summed E-state index contributed by atoms with van der Waals surface area (Å²) in [5, 5.41) is 25.8. The monoisotopic (exact) mass is 765 g/mol. The second-order valence-corrected chi connectivity index (χ2v) is 14.6. The number of para-hydroxylation sites is 4. The lowest BCUT2D eigenvalue weighted by Crippen LogP contribution is -2.04. The summed E-state index contributed by atoms with van der Waals surface area (Å²) in [6, 6.07) is 67.9. The third kappa shape index (κ3) is 5.54. The molecule has 0 amide bonds. The summed E-state index contributed by atoms with van der Waals surface area (Å²) >= 11 is 0. The van der Waals surface area contributed by atoms with Crippen molar-refractivity contribution in [3.05, 3.63) is 199 Å². The molecule has 0 bridgehead atoms. The Balaban J connectivity index is 1.14. The molecule has 0 atom stereocenters. The lowest BCUT2D eigenvalue weighted by molar-refractivity contribution is 1.07. The van der Waals surface area contributed by atoms with Gasteiger partial charge in [-0.3, -0.25) is 0 Å². The fourth-order valence-electron chi connectivity index (χ4n) is 8.60. The first-order chi connectivity index (χ1) is 29.7. The van der Waals surface area contributed by atoms with Gasteiger partial charge in [-0.25, -0.2) is 15.0 Å². The molecule has 60 heavy (non-hydrogen) atoms. The minimum absolute atomic E-state index is 0.371. The number of hydrogen-bond donors (Lipinski definition) is 0. The Morgan fingerprint density at radius 1 is 0.333 bits per heavy atom. The minimum Gasteiger partial charge on any atom is -0.309 e. The van der Waals surface area contributed by atoms with Gasteiger partial charge in [-0.05, 0) is 72.3 Å². The van der Waals surface area contributed by atoms with Crippen LogP contribution >= 0.6 is 0 Å². The van der Waals surface area contributed by atoms with E-state index >= 15 is 0 Å². The van der Waals surface area contributed by atoms with Crippen molar-refractivity contribution in [1.29, 1.82) is 10.5 Å². The summed E-state index contributed by atoms with van der Waals surface area (Å²) < 4.78 is 4.46. The maximum atomic E-state index is 10.8. The maximum absolute atomic E-state index is 10.8. The first-order valence-corrected chi connectivity index (χ1v) is 19.7. The van der Waals surface area contributed by atoms with Crippen molar-refractivity contribution in [2.24, 2.45) is 0 Å². The van der Waals surface area contributed by atoms with Crippen molar-refractivity contribution in [2.45, 2.75) is 0 Å². The number of hydrogen-bond acceptors (Lipinski definition) is 5. The van der Waals surface area contributed by atoms with Gasteiger partial charge in [0.1, 0.15) is 0 Å². The van der Waals surface area contributed by atoms with Gasteiger partial charge in [0.25, 0.3) is 0 Å². The molecular weight excluding hydrogens is 735 g/mol. The smallest absolute Gasteiger partial charge is 0.165 e. The van der Waals surface area contributed by atoms with Crippen LogP contribution in [0.15, 0.2) is 188 Å². The third-order valence-corrected chi connectivity index (χ3v) is 11.3. The number of rotatable bonds is 6. The Labute approximate surface area is 345 Å². The first kappa shape index (κ1) is 34.6. The zero-order valence-electron chi connectivity index (χ0n) is 32.0. The van der Waals surface area contributed by atoms with Gasteiger partial charge >= 0.3 is 0 Å². The van der Waals surface area contributed by atoms with Gasteiger partial charge in [0.05, 0.1) is 45.3 Å². The molecule has 3 aromatic heterocycles. The Morgan fingerprint density at radius 3 is 1.32 bits per heavy atom. The summed E-state index contributed by atoms with van der Waals surface area (Å²) in [6.07, 6.45) is 0. The van der Waals surface area contributed by atoms with Crippen LogP contribution in [0.4, 0.5) is 0 Å². The Bertz CT molecular complexity index is 3480. The Morgan fingerprint density at radius 2 is 0.767 bits per heavy atom. The van der Waals surface area contributed by atoms with Gasteiger partial charge in [0.15, 0.2) is 17.5 Å². The fourth-order valence-corrected chi connectivity index (χ4v) is 8.60. The van der Waals surface area contributed by atoms with E-state index in [-0.39, 0.29) is 0 Å². The second-order valence-electron chi connectivity index (χ2n) is 14.6. The molecular formula is C53H31N7. The quantitative estimate of drug-likeness (QED) is 0.168. The predicted molar refractivity (Wildman–Crippen MR) is 240 cm³/mol. The molecule has 0 unspecified atom stereocenters. The summed E-state index contributed by atoms with van der Waals surface area (Å²) in [5.74, 6) is 1.26. The molecule has 0 saturated carbocycles. The van der Waals surface area contributed by atoms with Gasteiger partial charge in [-0.2, -0.15) is 10.5 Å². The lowest BCUT2D eigenvalue weighted by atomic mass is 9.94.